The van der Waals surface area contributed by atoms with E-state index in [1.54, 1.807) is 12.1 Å². The smallest absolute Gasteiger partial charge is 0.189 e. The lowest BCUT2D eigenvalue weighted by atomic mass is 10.1. The summed E-state index contributed by atoms with van der Waals surface area (Å²) in [5, 5.41) is 2.99. The van der Waals surface area contributed by atoms with Crippen LogP contribution in [0.25, 0.3) is 0 Å². The topological polar surface area (TPSA) is 59.6 Å². The van der Waals surface area contributed by atoms with Gasteiger partial charge in [-0.25, -0.2) is 9.38 Å². The number of ether oxygens (including phenoxy) is 1. The highest BCUT2D eigenvalue weighted by Gasteiger charge is 2.03. The molecule has 6 heteroatoms. The standard InChI is InChI=1S/C13H20FN3O.HI/c1-9(2)17-13(15)16-7-10-4-5-12(14)11(6-10)8-18-3;/h4-6,9H,7-8H2,1-3H3,(H3,15,16,17);1H. The molecular weight excluding hydrogens is 360 g/mol. The van der Waals surface area contributed by atoms with Crippen molar-refractivity contribution in [3.8, 4) is 0 Å². The van der Waals surface area contributed by atoms with Gasteiger partial charge in [0.25, 0.3) is 0 Å². The van der Waals surface area contributed by atoms with Crippen molar-refractivity contribution >= 4 is 29.9 Å². The van der Waals surface area contributed by atoms with Gasteiger partial charge in [-0.1, -0.05) is 6.07 Å². The van der Waals surface area contributed by atoms with Crippen LogP contribution in [0.2, 0.25) is 0 Å². The summed E-state index contributed by atoms with van der Waals surface area (Å²) in [5.41, 5.74) is 7.12. The first-order chi connectivity index (χ1) is 8.52. The molecule has 0 saturated carbocycles. The predicted molar refractivity (Wildman–Crippen MR) is 86.1 cm³/mol. The molecule has 0 fully saturated rings. The van der Waals surface area contributed by atoms with Crippen LogP contribution in [0, 0.1) is 5.82 Å². The monoisotopic (exact) mass is 381 g/mol. The Morgan fingerprint density at radius 1 is 1.47 bits per heavy atom. The number of hydrogen-bond donors (Lipinski definition) is 2. The SMILES string of the molecule is COCc1cc(CN=C(N)NC(C)C)ccc1F.I. The van der Waals surface area contributed by atoms with E-state index in [2.05, 4.69) is 10.3 Å². The maximum Gasteiger partial charge on any atom is 0.189 e. The molecule has 108 valence electrons. The molecule has 0 aliphatic heterocycles. The molecular formula is C13H21FIN3O. The molecule has 1 aromatic rings. The second kappa shape index (κ2) is 9.08. The molecule has 1 aromatic carbocycles. The van der Waals surface area contributed by atoms with E-state index >= 15 is 0 Å². The highest BCUT2D eigenvalue weighted by molar-refractivity contribution is 14.0. The van der Waals surface area contributed by atoms with Crippen LogP contribution in [0.4, 0.5) is 4.39 Å². The van der Waals surface area contributed by atoms with Crippen molar-refractivity contribution in [3.05, 3.63) is 35.1 Å². The number of nitrogens with zero attached hydrogens (tertiary/aromatic N) is 1. The van der Waals surface area contributed by atoms with E-state index in [-0.39, 0.29) is 42.4 Å². The summed E-state index contributed by atoms with van der Waals surface area (Å²) >= 11 is 0. The maximum absolute atomic E-state index is 13.4. The fraction of sp³-hybridized carbons (Fsp3) is 0.462. The number of nitrogens with two attached hydrogens (primary N) is 1. The first-order valence-electron chi connectivity index (χ1n) is 5.85. The normalized spacial score (nSPS) is 11.3. The van der Waals surface area contributed by atoms with Gasteiger partial charge in [-0.2, -0.15) is 0 Å². The zero-order valence-electron chi connectivity index (χ0n) is 11.4. The number of halogens is 2. The zero-order chi connectivity index (χ0) is 13.5. The average Bonchev–Trinajstić information content (AvgIpc) is 2.29. The third-order valence-electron chi connectivity index (χ3n) is 2.28. The Balaban J connectivity index is 0.00000324. The molecule has 0 bridgehead atoms. The summed E-state index contributed by atoms with van der Waals surface area (Å²) in [7, 11) is 1.54. The van der Waals surface area contributed by atoms with Crippen LogP contribution < -0.4 is 11.1 Å². The Kier molecular flexibility index (Phi) is 8.66. The second-order valence-corrected chi connectivity index (χ2v) is 4.36. The van der Waals surface area contributed by atoms with E-state index in [4.69, 9.17) is 10.5 Å². The Morgan fingerprint density at radius 3 is 2.74 bits per heavy atom. The van der Waals surface area contributed by atoms with E-state index in [0.717, 1.165) is 5.56 Å². The number of methoxy groups -OCH3 is 1. The van der Waals surface area contributed by atoms with Gasteiger partial charge in [-0.15, -0.1) is 24.0 Å². The van der Waals surface area contributed by atoms with E-state index < -0.39 is 0 Å². The molecule has 0 aliphatic carbocycles. The molecule has 0 aromatic heterocycles. The van der Waals surface area contributed by atoms with Crippen molar-refractivity contribution < 1.29 is 9.13 Å². The van der Waals surface area contributed by atoms with Crippen molar-refractivity contribution in [3.63, 3.8) is 0 Å². The second-order valence-electron chi connectivity index (χ2n) is 4.36. The predicted octanol–water partition coefficient (Wildman–Crippen LogP) is 2.40. The van der Waals surface area contributed by atoms with Crippen molar-refractivity contribution in [1.82, 2.24) is 5.32 Å². The number of hydrogen-bond acceptors (Lipinski definition) is 2. The van der Waals surface area contributed by atoms with Gasteiger partial charge in [0.05, 0.1) is 13.2 Å². The number of benzene rings is 1. The number of rotatable bonds is 5. The summed E-state index contributed by atoms with van der Waals surface area (Å²) in [4.78, 5) is 4.19. The lowest BCUT2D eigenvalue weighted by molar-refractivity contribution is 0.181. The van der Waals surface area contributed by atoms with Crippen LogP contribution in [-0.2, 0) is 17.9 Å². The largest absolute Gasteiger partial charge is 0.380 e. The zero-order valence-corrected chi connectivity index (χ0v) is 13.8. The van der Waals surface area contributed by atoms with Crippen LogP contribution in [-0.4, -0.2) is 19.1 Å². The van der Waals surface area contributed by atoms with Crippen molar-refractivity contribution in [2.24, 2.45) is 10.7 Å². The summed E-state index contributed by atoms with van der Waals surface area (Å²) in [6.45, 7) is 4.64. The van der Waals surface area contributed by atoms with Gasteiger partial charge in [-0.3, -0.25) is 0 Å². The molecule has 0 spiro atoms. The minimum absolute atomic E-state index is 0. The van der Waals surface area contributed by atoms with E-state index in [9.17, 15) is 4.39 Å². The number of aliphatic imine (C=N–C) groups is 1. The summed E-state index contributed by atoms with van der Waals surface area (Å²) < 4.78 is 18.3. The van der Waals surface area contributed by atoms with Crippen molar-refractivity contribution in [2.45, 2.75) is 33.0 Å². The van der Waals surface area contributed by atoms with Crippen LogP contribution in [0.15, 0.2) is 23.2 Å². The first-order valence-corrected chi connectivity index (χ1v) is 5.85. The van der Waals surface area contributed by atoms with Crippen LogP contribution in [0.5, 0.6) is 0 Å². The van der Waals surface area contributed by atoms with Gasteiger partial charge >= 0.3 is 0 Å². The third kappa shape index (κ3) is 6.72. The van der Waals surface area contributed by atoms with Crippen LogP contribution >= 0.6 is 24.0 Å². The van der Waals surface area contributed by atoms with Gasteiger partial charge < -0.3 is 15.8 Å². The minimum Gasteiger partial charge on any atom is -0.380 e. The third-order valence-corrected chi connectivity index (χ3v) is 2.28. The highest BCUT2D eigenvalue weighted by Crippen LogP contribution is 2.12. The van der Waals surface area contributed by atoms with E-state index in [1.165, 1.54) is 13.2 Å². The van der Waals surface area contributed by atoms with Crippen LogP contribution in [0.3, 0.4) is 0 Å². The molecule has 0 saturated heterocycles. The Bertz CT molecular complexity index is 424. The molecule has 0 unspecified atom stereocenters. The lowest BCUT2D eigenvalue weighted by Crippen LogP contribution is -2.36. The summed E-state index contributed by atoms with van der Waals surface area (Å²) in [5.74, 6) is 0.125. The highest BCUT2D eigenvalue weighted by atomic mass is 127. The van der Waals surface area contributed by atoms with Crippen molar-refractivity contribution in [1.29, 1.82) is 0 Å². The van der Waals surface area contributed by atoms with Gasteiger partial charge in [0.2, 0.25) is 0 Å². The van der Waals surface area contributed by atoms with E-state index in [0.29, 0.717) is 18.1 Å². The molecule has 3 N–H and O–H groups in total. The van der Waals surface area contributed by atoms with Gasteiger partial charge in [0, 0.05) is 18.7 Å². The fourth-order valence-corrected chi connectivity index (χ4v) is 1.51. The fourth-order valence-electron chi connectivity index (χ4n) is 1.51. The van der Waals surface area contributed by atoms with Gasteiger partial charge in [0.1, 0.15) is 5.82 Å². The Labute approximate surface area is 130 Å². The number of guanidine groups is 1. The molecule has 0 aliphatic rings. The first kappa shape index (κ1) is 18.1. The number of nitrogens with one attached hydrogen (secondary N) is 1. The van der Waals surface area contributed by atoms with Gasteiger partial charge in [0.15, 0.2) is 5.96 Å². The quantitative estimate of drug-likeness (QED) is 0.468. The molecule has 1 rings (SSSR count). The molecule has 4 nitrogen and oxygen atoms in total. The van der Waals surface area contributed by atoms with Gasteiger partial charge in [-0.05, 0) is 31.5 Å². The maximum atomic E-state index is 13.4. The van der Waals surface area contributed by atoms with Crippen LogP contribution in [0.1, 0.15) is 25.0 Å². The minimum atomic E-state index is -0.266. The average molecular weight is 381 g/mol. The Hall–Kier alpha value is -0.890. The van der Waals surface area contributed by atoms with Crippen molar-refractivity contribution in [2.75, 3.05) is 7.11 Å². The molecule has 0 atom stereocenters. The molecule has 0 radical (unpaired) electrons. The van der Waals surface area contributed by atoms with E-state index in [1.807, 2.05) is 13.8 Å². The summed E-state index contributed by atoms with van der Waals surface area (Å²) in [6, 6.07) is 5.10. The Morgan fingerprint density at radius 2 is 2.16 bits per heavy atom. The lowest BCUT2D eigenvalue weighted by Gasteiger charge is -2.09. The summed E-state index contributed by atoms with van der Waals surface area (Å²) in [6.07, 6.45) is 0. The molecule has 19 heavy (non-hydrogen) atoms. The molecule has 0 heterocycles. The molecule has 0 amide bonds.